The molecule has 23 heavy (non-hydrogen) atoms. The zero-order chi connectivity index (χ0) is 16.8. The second-order valence-corrected chi connectivity index (χ2v) is 5.69. The van der Waals surface area contributed by atoms with Gasteiger partial charge in [-0.3, -0.25) is 4.79 Å². The van der Waals surface area contributed by atoms with Gasteiger partial charge in [-0.15, -0.1) is 0 Å². The number of rotatable bonds is 6. The van der Waals surface area contributed by atoms with E-state index in [4.69, 9.17) is 16.3 Å². The maximum atomic E-state index is 13.9. The van der Waals surface area contributed by atoms with Gasteiger partial charge in [-0.25, -0.2) is 4.39 Å². The first-order chi connectivity index (χ1) is 11.0. The van der Waals surface area contributed by atoms with Crippen LogP contribution in [0.25, 0.3) is 0 Å². The van der Waals surface area contributed by atoms with Crippen LogP contribution in [0.4, 0.5) is 15.8 Å². The number of para-hydroxylation sites is 1. The van der Waals surface area contributed by atoms with Gasteiger partial charge in [-0.1, -0.05) is 42.3 Å². The molecule has 0 fully saturated rings. The van der Waals surface area contributed by atoms with Crippen LogP contribution in [0, 0.1) is 12.7 Å². The molecule has 2 aromatic rings. The van der Waals surface area contributed by atoms with Crippen molar-refractivity contribution in [1.29, 1.82) is 0 Å². The topological polar surface area (TPSA) is 38.3 Å². The lowest BCUT2D eigenvalue weighted by atomic mass is 10.1. The van der Waals surface area contributed by atoms with E-state index in [1.807, 2.05) is 26.0 Å². The van der Waals surface area contributed by atoms with Crippen LogP contribution < -0.4 is 5.32 Å². The van der Waals surface area contributed by atoms with Crippen molar-refractivity contribution in [1.82, 2.24) is 0 Å². The zero-order valence-corrected chi connectivity index (χ0v) is 13.9. The molecule has 1 N–H and O–H groups in total. The average Bonchev–Trinajstić information content (AvgIpc) is 2.51. The monoisotopic (exact) mass is 335 g/mol. The molecule has 2 rings (SSSR count). The smallest absolute Gasteiger partial charge is 0.310 e. The highest BCUT2D eigenvalue weighted by Gasteiger charge is 2.13. The number of ether oxygens (including phenoxy) is 1. The minimum atomic E-state index is -0.447. The molecular weight excluding hydrogens is 317 g/mol. The first kappa shape index (κ1) is 17.3. The fraction of sp³-hybridized carbons (Fsp3) is 0.278. The summed E-state index contributed by atoms with van der Waals surface area (Å²) < 4.78 is 19.1. The van der Waals surface area contributed by atoms with Gasteiger partial charge in [0.15, 0.2) is 0 Å². The van der Waals surface area contributed by atoms with Crippen molar-refractivity contribution in [3.05, 3.63) is 58.4 Å². The van der Waals surface area contributed by atoms with E-state index in [0.717, 1.165) is 17.5 Å². The van der Waals surface area contributed by atoms with E-state index in [0.29, 0.717) is 12.3 Å². The molecule has 2 aromatic carbocycles. The molecule has 0 amide bonds. The molecule has 0 atom stereocenters. The van der Waals surface area contributed by atoms with Crippen LogP contribution >= 0.6 is 11.6 Å². The Morgan fingerprint density at radius 1 is 1.30 bits per heavy atom. The van der Waals surface area contributed by atoms with Gasteiger partial charge in [0.2, 0.25) is 0 Å². The van der Waals surface area contributed by atoms with Crippen molar-refractivity contribution < 1.29 is 13.9 Å². The molecule has 0 unspecified atom stereocenters. The fourth-order valence-corrected chi connectivity index (χ4v) is 2.38. The van der Waals surface area contributed by atoms with Gasteiger partial charge in [-0.2, -0.15) is 0 Å². The molecule has 5 heteroatoms. The lowest BCUT2D eigenvalue weighted by Crippen LogP contribution is -2.10. The number of hydrogen-bond acceptors (Lipinski definition) is 3. The van der Waals surface area contributed by atoms with Crippen LogP contribution in [0.2, 0.25) is 5.02 Å². The minimum Gasteiger partial charge on any atom is -0.465 e. The first-order valence-corrected chi connectivity index (χ1v) is 7.85. The number of anilines is 2. The fourth-order valence-electron chi connectivity index (χ4n) is 2.17. The van der Waals surface area contributed by atoms with E-state index in [9.17, 15) is 9.18 Å². The Bertz CT molecular complexity index is 683. The van der Waals surface area contributed by atoms with Crippen LogP contribution in [0.15, 0.2) is 36.4 Å². The molecule has 0 saturated heterocycles. The summed E-state index contributed by atoms with van der Waals surface area (Å²) in [4.78, 5) is 11.9. The molecule has 0 radical (unpaired) electrons. The van der Waals surface area contributed by atoms with Crippen LogP contribution in [0.5, 0.6) is 0 Å². The van der Waals surface area contributed by atoms with Gasteiger partial charge >= 0.3 is 5.97 Å². The van der Waals surface area contributed by atoms with Crippen LogP contribution in [-0.4, -0.2) is 12.6 Å². The molecule has 0 heterocycles. The number of esters is 1. The number of halogens is 2. The summed E-state index contributed by atoms with van der Waals surface area (Å²) in [6, 6.07) is 10.1. The van der Waals surface area contributed by atoms with Gasteiger partial charge in [0.1, 0.15) is 5.82 Å². The Labute approximate surface area is 140 Å². The quantitative estimate of drug-likeness (QED) is 0.753. The summed E-state index contributed by atoms with van der Waals surface area (Å²) in [5.41, 5.74) is 2.58. The van der Waals surface area contributed by atoms with Gasteiger partial charge in [-0.05, 0) is 37.1 Å². The SMILES string of the molecule is CCCOC(=O)Cc1cc(C)ccc1Nc1c(F)cccc1Cl. The van der Waals surface area contributed by atoms with Crippen molar-refractivity contribution >= 4 is 28.9 Å². The predicted octanol–water partition coefficient (Wildman–Crippen LogP) is 5.03. The third-order valence-corrected chi connectivity index (χ3v) is 3.60. The molecule has 3 nitrogen and oxygen atoms in total. The summed E-state index contributed by atoms with van der Waals surface area (Å²) in [5, 5.41) is 3.27. The summed E-state index contributed by atoms with van der Waals surface area (Å²) in [6.45, 7) is 4.26. The van der Waals surface area contributed by atoms with Crippen LogP contribution in [0.1, 0.15) is 24.5 Å². The van der Waals surface area contributed by atoms with E-state index >= 15 is 0 Å². The second kappa shape index (κ2) is 7.97. The van der Waals surface area contributed by atoms with Crippen molar-refractivity contribution in [2.75, 3.05) is 11.9 Å². The molecule has 122 valence electrons. The van der Waals surface area contributed by atoms with E-state index < -0.39 is 5.82 Å². The minimum absolute atomic E-state index is 0.121. The number of benzene rings is 2. The summed E-state index contributed by atoms with van der Waals surface area (Å²) in [6.07, 6.45) is 0.894. The van der Waals surface area contributed by atoms with Gasteiger partial charge in [0.05, 0.1) is 23.7 Å². The number of carbonyl (C=O) groups is 1. The Hall–Kier alpha value is -2.07. The maximum absolute atomic E-state index is 13.9. The molecule has 0 aliphatic rings. The van der Waals surface area contributed by atoms with Crippen LogP contribution in [-0.2, 0) is 16.0 Å². The van der Waals surface area contributed by atoms with Gasteiger partial charge in [0, 0.05) is 5.69 Å². The zero-order valence-electron chi connectivity index (χ0n) is 13.2. The average molecular weight is 336 g/mol. The van der Waals surface area contributed by atoms with Crippen molar-refractivity contribution in [3.63, 3.8) is 0 Å². The highest BCUT2D eigenvalue weighted by atomic mass is 35.5. The molecule has 0 saturated carbocycles. The number of aryl methyl sites for hydroxylation is 1. The highest BCUT2D eigenvalue weighted by Crippen LogP contribution is 2.30. The Morgan fingerprint density at radius 2 is 2.09 bits per heavy atom. The van der Waals surface area contributed by atoms with E-state index in [-0.39, 0.29) is 23.1 Å². The van der Waals surface area contributed by atoms with E-state index in [2.05, 4.69) is 5.32 Å². The third-order valence-electron chi connectivity index (χ3n) is 3.29. The Kier molecular flexibility index (Phi) is 5.99. The highest BCUT2D eigenvalue weighted by molar-refractivity contribution is 6.33. The Morgan fingerprint density at radius 3 is 2.78 bits per heavy atom. The molecule has 0 aliphatic carbocycles. The van der Waals surface area contributed by atoms with Crippen molar-refractivity contribution in [3.8, 4) is 0 Å². The Balaban J connectivity index is 2.26. The molecule has 0 bridgehead atoms. The molecule has 0 aliphatic heterocycles. The standard InChI is InChI=1S/C18H19ClFNO2/c1-3-9-23-17(22)11-13-10-12(2)7-8-16(13)21-18-14(19)5-4-6-15(18)20/h4-8,10,21H,3,9,11H2,1-2H3. The van der Waals surface area contributed by atoms with Crippen molar-refractivity contribution in [2.24, 2.45) is 0 Å². The van der Waals surface area contributed by atoms with E-state index in [1.54, 1.807) is 18.2 Å². The summed E-state index contributed by atoms with van der Waals surface area (Å²) >= 11 is 6.04. The van der Waals surface area contributed by atoms with E-state index in [1.165, 1.54) is 6.07 Å². The number of nitrogens with one attached hydrogen (secondary N) is 1. The summed E-state index contributed by atoms with van der Waals surface area (Å²) in [5.74, 6) is -0.752. The molecule has 0 spiro atoms. The predicted molar refractivity (Wildman–Crippen MR) is 90.8 cm³/mol. The third kappa shape index (κ3) is 4.70. The summed E-state index contributed by atoms with van der Waals surface area (Å²) in [7, 11) is 0. The first-order valence-electron chi connectivity index (χ1n) is 7.47. The number of carbonyl (C=O) groups excluding carboxylic acids is 1. The lowest BCUT2D eigenvalue weighted by molar-refractivity contribution is -0.142. The van der Waals surface area contributed by atoms with Gasteiger partial charge < -0.3 is 10.1 Å². The normalized spacial score (nSPS) is 10.4. The van der Waals surface area contributed by atoms with Gasteiger partial charge in [0.25, 0.3) is 0 Å². The maximum Gasteiger partial charge on any atom is 0.310 e. The molecule has 0 aromatic heterocycles. The number of hydrogen-bond donors (Lipinski definition) is 1. The largest absolute Gasteiger partial charge is 0.465 e. The molecular formula is C18H19ClFNO2. The van der Waals surface area contributed by atoms with Crippen molar-refractivity contribution in [2.45, 2.75) is 26.7 Å². The lowest BCUT2D eigenvalue weighted by Gasteiger charge is -2.14. The van der Waals surface area contributed by atoms with Crippen LogP contribution in [0.3, 0.4) is 0 Å². The second-order valence-electron chi connectivity index (χ2n) is 5.28.